The van der Waals surface area contributed by atoms with Crippen LogP contribution >= 0.6 is 0 Å². The van der Waals surface area contributed by atoms with Crippen LogP contribution in [-0.4, -0.2) is 19.6 Å². The van der Waals surface area contributed by atoms with Crippen molar-refractivity contribution in [1.29, 1.82) is 0 Å². The Balaban J connectivity index is 2.69. The molecule has 2 heterocycles. The van der Waals surface area contributed by atoms with E-state index in [1.807, 2.05) is 0 Å². The number of hydrogen-bond acceptors (Lipinski definition) is 4. The SMILES string of the molecule is Cc1nn2c(=O)c3ccccc3nc2c(=O)[nH]1. The summed E-state index contributed by atoms with van der Waals surface area (Å²) in [6.45, 7) is 1.61. The molecule has 0 atom stereocenters. The number of para-hydroxylation sites is 1. The van der Waals surface area contributed by atoms with Crippen molar-refractivity contribution >= 4 is 16.6 Å². The predicted octanol–water partition coefficient (Wildman–Crippen LogP) is 0.239. The number of H-pyrrole nitrogens is 1. The molecule has 0 bridgehead atoms. The quantitative estimate of drug-likeness (QED) is 0.559. The molecule has 17 heavy (non-hydrogen) atoms. The maximum absolute atomic E-state index is 12.1. The molecule has 1 N–H and O–H groups in total. The molecule has 1 aromatic carbocycles. The lowest BCUT2D eigenvalue weighted by Crippen LogP contribution is -2.26. The zero-order chi connectivity index (χ0) is 12.0. The molecule has 0 saturated carbocycles. The first-order chi connectivity index (χ1) is 8.16. The largest absolute Gasteiger partial charge is 0.306 e. The van der Waals surface area contributed by atoms with Gasteiger partial charge in [0.2, 0.25) is 5.65 Å². The Morgan fingerprint density at radius 3 is 2.82 bits per heavy atom. The highest BCUT2D eigenvalue weighted by Crippen LogP contribution is 2.05. The Morgan fingerprint density at radius 1 is 1.24 bits per heavy atom. The molecule has 6 heteroatoms. The van der Waals surface area contributed by atoms with Crippen LogP contribution in [0, 0.1) is 6.92 Å². The fraction of sp³-hybridized carbons (Fsp3) is 0.0909. The third-order valence-corrected chi connectivity index (χ3v) is 2.50. The van der Waals surface area contributed by atoms with Crippen molar-refractivity contribution in [1.82, 2.24) is 19.6 Å². The summed E-state index contributed by atoms with van der Waals surface area (Å²) in [5.41, 5.74) is -0.242. The highest BCUT2D eigenvalue weighted by atomic mass is 16.1. The number of rotatable bonds is 0. The van der Waals surface area contributed by atoms with E-state index in [4.69, 9.17) is 0 Å². The molecule has 0 saturated heterocycles. The van der Waals surface area contributed by atoms with Gasteiger partial charge in [-0.3, -0.25) is 9.59 Å². The van der Waals surface area contributed by atoms with Crippen LogP contribution in [0.15, 0.2) is 33.9 Å². The molecule has 0 radical (unpaired) electrons. The zero-order valence-corrected chi connectivity index (χ0v) is 8.97. The van der Waals surface area contributed by atoms with Crippen molar-refractivity contribution < 1.29 is 0 Å². The van der Waals surface area contributed by atoms with Crippen molar-refractivity contribution in [2.75, 3.05) is 0 Å². The number of hydrogen-bond donors (Lipinski definition) is 1. The Morgan fingerprint density at radius 2 is 2.00 bits per heavy atom. The number of fused-ring (bicyclic) bond motifs is 2. The van der Waals surface area contributed by atoms with Gasteiger partial charge in [0.25, 0.3) is 11.1 Å². The molecule has 0 amide bonds. The first-order valence-electron chi connectivity index (χ1n) is 5.05. The second-order valence-electron chi connectivity index (χ2n) is 3.71. The molecule has 84 valence electrons. The second-order valence-corrected chi connectivity index (χ2v) is 3.71. The van der Waals surface area contributed by atoms with Gasteiger partial charge in [0.15, 0.2) is 0 Å². The summed E-state index contributed by atoms with van der Waals surface area (Å²) in [6, 6.07) is 6.87. The summed E-state index contributed by atoms with van der Waals surface area (Å²) >= 11 is 0. The van der Waals surface area contributed by atoms with Crippen molar-refractivity contribution in [3.63, 3.8) is 0 Å². The van der Waals surface area contributed by atoms with Gasteiger partial charge < -0.3 is 4.98 Å². The van der Waals surface area contributed by atoms with E-state index in [1.54, 1.807) is 31.2 Å². The van der Waals surface area contributed by atoms with Crippen LogP contribution in [0.3, 0.4) is 0 Å². The summed E-state index contributed by atoms with van der Waals surface area (Å²) in [4.78, 5) is 30.4. The van der Waals surface area contributed by atoms with E-state index in [9.17, 15) is 9.59 Å². The number of benzene rings is 1. The lowest BCUT2D eigenvalue weighted by Gasteiger charge is -2.01. The van der Waals surface area contributed by atoms with Crippen molar-refractivity contribution in [3.05, 3.63) is 50.8 Å². The Labute approximate surface area is 94.6 Å². The van der Waals surface area contributed by atoms with E-state index in [0.717, 1.165) is 4.52 Å². The monoisotopic (exact) mass is 228 g/mol. The molecule has 0 unspecified atom stereocenters. The lowest BCUT2D eigenvalue weighted by molar-refractivity contribution is 0.801. The zero-order valence-electron chi connectivity index (χ0n) is 8.97. The van der Waals surface area contributed by atoms with Gasteiger partial charge >= 0.3 is 0 Å². The number of aromatic nitrogens is 4. The van der Waals surface area contributed by atoms with Gasteiger partial charge in [0.05, 0.1) is 10.9 Å². The van der Waals surface area contributed by atoms with Crippen LogP contribution < -0.4 is 11.1 Å². The van der Waals surface area contributed by atoms with Crippen LogP contribution in [0.5, 0.6) is 0 Å². The highest BCUT2D eigenvalue weighted by molar-refractivity contribution is 5.79. The Kier molecular flexibility index (Phi) is 1.85. The van der Waals surface area contributed by atoms with Crippen LogP contribution in [0.25, 0.3) is 16.6 Å². The van der Waals surface area contributed by atoms with Gasteiger partial charge in [-0.15, -0.1) is 0 Å². The summed E-state index contributed by atoms with van der Waals surface area (Å²) in [5.74, 6) is 0.377. The maximum atomic E-state index is 12.1. The number of nitrogens with zero attached hydrogens (tertiary/aromatic N) is 3. The fourth-order valence-corrected chi connectivity index (χ4v) is 1.76. The summed E-state index contributed by atoms with van der Waals surface area (Å²) in [5, 5.41) is 4.42. The Hall–Kier alpha value is -2.50. The third kappa shape index (κ3) is 1.34. The van der Waals surface area contributed by atoms with E-state index >= 15 is 0 Å². The first-order valence-corrected chi connectivity index (χ1v) is 5.05. The van der Waals surface area contributed by atoms with Crippen LogP contribution in [0.1, 0.15) is 5.82 Å². The second kappa shape index (κ2) is 3.24. The standard InChI is InChI=1S/C11H8N4O2/c1-6-12-10(16)9-13-8-5-3-2-4-7(8)11(17)15(9)14-6/h2-5H,1H3,(H,12,14,16). The van der Waals surface area contributed by atoms with Gasteiger partial charge in [0, 0.05) is 0 Å². The van der Waals surface area contributed by atoms with Crippen molar-refractivity contribution in [2.24, 2.45) is 0 Å². The van der Waals surface area contributed by atoms with Gasteiger partial charge in [0.1, 0.15) is 5.82 Å². The number of nitrogens with one attached hydrogen (secondary N) is 1. The van der Waals surface area contributed by atoms with E-state index in [1.165, 1.54) is 0 Å². The molecule has 3 rings (SSSR count). The molecule has 6 nitrogen and oxygen atoms in total. The highest BCUT2D eigenvalue weighted by Gasteiger charge is 2.08. The average molecular weight is 228 g/mol. The van der Waals surface area contributed by atoms with Gasteiger partial charge in [-0.2, -0.15) is 9.61 Å². The molecular weight excluding hydrogens is 220 g/mol. The molecule has 3 aromatic rings. The number of aromatic amines is 1. The molecule has 0 fully saturated rings. The van der Waals surface area contributed by atoms with Gasteiger partial charge in [-0.1, -0.05) is 12.1 Å². The van der Waals surface area contributed by atoms with E-state index < -0.39 is 5.56 Å². The topological polar surface area (TPSA) is 80.1 Å². The van der Waals surface area contributed by atoms with Crippen molar-refractivity contribution in [2.45, 2.75) is 6.92 Å². The predicted molar refractivity (Wildman–Crippen MR) is 62.1 cm³/mol. The van der Waals surface area contributed by atoms with Crippen LogP contribution in [0.2, 0.25) is 0 Å². The van der Waals surface area contributed by atoms with Gasteiger partial charge in [-0.25, -0.2) is 4.98 Å². The molecule has 0 spiro atoms. The summed E-state index contributed by atoms with van der Waals surface area (Å²) in [7, 11) is 0. The third-order valence-electron chi connectivity index (χ3n) is 2.50. The molecule has 2 aromatic heterocycles. The van der Waals surface area contributed by atoms with Crippen LogP contribution in [-0.2, 0) is 0 Å². The minimum Gasteiger partial charge on any atom is -0.306 e. The molecule has 0 aliphatic heterocycles. The first kappa shape index (κ1) is 9.71. The minimum atomic E-state index is -0.416. The fourth-order valence-electron chi connectivity index (χ4n) is 1.76. The summed E-state index contributed by atoms with van der Waals surface area (Å²) in [6.07, 6.45) is 0. The normalized spacial score (nSPS) is 11.1. The molecule has 0 aliphatic carbocycles. The average Bonchev–Trinajstić information content (AvgIpc) is 2.31. The lowest BCUT2D eigenvalue weighted by atomic mass is 10.2. The van der Waals surface area contributed by atoms with Crippen molar-refractivity contribution in [3.8, 4) is 0 Å². The number of aryl methyl sites for hydroxylation is 1. The maximum Gasteiger partial charge on any atom is 0.294 e. The van der Waals surface area contributed by atoms with Crippen LogP contribution in [0.4, 0.5) is 0 Å². The smallest absolute Gasteiger partial charge is 0.294 e. The summed E-state index contributed by atoms with van der Waals surface area (Å²) < 4.78 is 1.04. The minimum absolute atomic E-state index is 0.0132. The van der Waals surface area contributed by atoms with Gasteiger partial charge in [-0.05, 0) is 19.1 Å². The van der Waals surface area contributed by atoms with E-state index in [-0.39, 0.29) is 11.2 Å². The Bertz CT molecular complexity index is 847. The molecular formula is C11H8N4O2. The van der Waals surface area contributed by atoms with E-state index in [2.05, 4.69) is 15.1 Å². The molecule has 0 aliphatic rings. The van der Waals surface area contributed by atoms with E-state index in [0.29, 0.717) is 16.7 Å².